The lowest BCUT2D eigenvalue weighted by Crippen LogP contribution is -2.00. The van der Waals surface area contributed by atoms with Crippen LogP contribution in [0.1, 0.15) is 11.3 Å². The van der Waals surface area contributed by atoms with Gasteiger partial charge in [0, 0.05) is 36.8 Å². The second-order valence-corrected chi connectivity index (χ2v) is 5.18. The Morgan fingerprint density at radius 1 is 1.08 bits per heavy atom. The van der Waals surface area contributed by atoms with E-state index < -0.39 is 0 Å². The summed E-state index contributed by atoms with van der Waals surface area (Å²) in [5, 5.41) is 21.6. The molecular formula is C17H17N7. The predicted octanol–water partition coefficient (Wildman–Crippen LogP) is 2.68. The Hall–Kier alpha value is -3.35. The number of hydrogen-bond acceptors (Lipinski definition) is 7. The third-order valence-electron chi connectivity index (χ3n) is 3.38. The molecule has 3 heterocycles. The molecule has 7 heteroatoms. The van der Waals surface area contributed by atoms with Gasteiger partial charge in [-0.15, -0.1) is 5.10 Å². The van der Waals surface area contributed by atoms with Gasteiger partial charge in [-0.25, -0.2) is 4.98 Å². The summed E-state index contributed by atoms with van der Waals surface area (Å²) < 4.78 is 0. The number of nitrogens with zero attached hydrogens (tertiary/aromatic N) is 4. The number of aryl methyl sites for hydroxylation is 1. The molecule has 3 aromatic rings. The standard InChI is InChI=1S/C17H17N7/c1-11-3-5-17(24-23-11)22-16-6-4-14-15(21-16)7-12(10-20-14)13(8-18)9-19-2/h3-10,18-19H,1-2H3,(H,21,22,24)/b13-9+,18-8?. The van der Waals surface area contributed by atoms with Crippen LogP contribution in [0.15, 0.2) is 42.7 Å². The Morgan fingerprint density at radius 3 is 2.62 bits per heavy atom. The molecule has 0 fully saturated rings. The summed E-state index contributed by atoms with van der Waals surface area (Å²) in [5.41, 5.74) is 3.94. The van der Waals surface area contributed by atoms with Gasteiger partial charge in [-0.2, -0.15) is 5.10 Å². The number of nitrogens with one attached hydrogen (secondary N) is 3. The lowest BCUT2D eigenvalue weighted by atomic mass is 10.1. The number of allylic oxidation sites excluding steroid dienone is 1. The maximum atomic E-state index is 7.51. The fourth-order valence-electron chi connectivity index (χ4n) is 2.19. The smallest absolute Gasteiger partial charge is 0.154 e. The molecule has 24 heavy (non-hydrogen) atoms. The lowest BCUT2D eigenvalue weighted by molar-refractivity contribution is 0.984. The van der Waals surface area contributed by atoms with Gasteiger partial charge in [0.05, 0.1) is 16.7 Å². The maximum Gasteiger partial charge on any atom is 0.154 e. The van der Waals surface area contributed by atoms with Crippen molar-refractivity contribution in [3.63, 3.8) is 0 Å². The molecule has 0 atom stereocenters. The zero-order valence-corrected chi connectivity index (χ0v) is 13.4. The highest BCUT2D eigenvalue weighted by Crippen LogP contribution is 2.20. The van der Waals surface area contributed by atoms with E-state index in [0.717, 1.165) is 27.9 Å². The summed E-state index contributed by atoms with van der Waals surface area (Å²) in [7, 11) is 1.79. The molecule has 120 valence electrons. The number of hydrogen-bond donors (Lipinski definition) is 3. The van der Waals surface area contributed by atoms with Crippen molar-refractivity contribution >= 4 is 34.5 Å². The van der Waals surface area contributed by atoms with E-state index in [-0.39, 0.29) is 0 Å². The summed E-state index contributed by atoms with van der Waals surface area (Å²) in [6.45, 7) is 1.89. The minimum Gasteiger partial charge on any atom is -0.393 e. The van der Waals surface area contributed by atoms with Crippen molar-refractivity contribution in [1.82, 2.24) is 25.5 Å². The Balaban J connectivity index is 1.95. The van der Waals surface area contributed by atoms with Gasteiger partial charge in [0.25, 0.3) is 0 Å². The Kier molecular flexibility index (Phi) is 4.42. The number of rotatable bonds is 5. The number of aromatic nitrogens is 4. The predicted molar refractivity (Wildman–Crippen MR) is 95.4 cm³/mol. The van der Waals surface area contributed by atoms with E-state index in [0.29, 0.717) is 11.6 Å². The summed E-state index contributed by atoms with van der Waals surface area (Å²) >= 11 is 0. The molecule has 0 aliphatic heterocycles. The van der Waals surface area contributed by atoms with E-state index in [1.165, 1.54) is 6.21 Å². The van der Waals surface area contributed by atoms with E-state index >= 15 is 0 Å². The summed E-state index contributed by atoms with van der Waals surface area (Å²) in [6.07, 6.45) is 4.76. The normalized spacial score (nSPS) is 11.3. The van der Waals surface area contributed by atoms with Crippen molar-refractivity contribution in [2.24, 2.45) is 0 Å². The molecule has 7 nitrogen and oxygen atoms in total. The number of fused-ring (bicyclic) bond motifs is 1. The average molecular weight is 319 g/mol. The quantitative estimate of drug-likeness (QED) is 0.625. The largest absolute Gasteiger partial charge is 0.393 e. The van der Waals surface area contributed by atoms with E-state index in [1.807, 2.05) is 37.3 Å². The topological polar surface area (TPSA) is 99.5 Å². The highest BCUT2D eigenvalue weighted by atomic mass is 15.2. The first-order valence-electron chi connectivity index (χ1n) is 7.42. The van der Waals surface area contributed by atoms with Crippen LogP contribution in [0, 0.1) is 12.3 Å². The molecule has 0 amide bonds. The van der Waals surface area contributed by atoms with Crippen molar-refractivity contribution in [3.8, 4) is 0 Å². The molecule has 0 bridgehead atoms. The van der Waals surface area contributed by atoms with Gasteiger partial charge in [0.1, 0.15) is 5.82 Å². The van der Waals surface area contributed by atoms with Gasteiger partial charge >= 0.3 is 0 Å². The molecule has 3 N–H and O–H groups in total. The Labute approximate surface area is 139 Å². The van der Waals surface area contributed by atoms with Crippen molar-refractivity contribution in [2.75, 3.05) is 12.4 Å². The summed E-state index contributed by atoms with van der Waals surface area (Å²) in [4.78, 5) is 8.97. The van der Waals surface area contributed by atoms with Crippen LogP contribution in [-0.2, 0) is 0 Å². The van der Waals surface area contributed by atoms with E-state index in [4.69, 9.17) is 5.41 Å². The van der Waals surface area contributed by atoms with E-state index in [2.05, 4.69) is 30.8 Å². The van der Waals surface area contributed by atoms with Crippen LogP contribution in [-0.4, -0.2) is 33.4 Å². The van der Waals surface area contributed by atoms with Crippen molar-refractivity contribution in [2.45, 2.75) is 6.92 Å². The monoisotopic (exact) mass is 319 g/mol. The van der Waals surface area contributed by atoms with Crippen LogP contribution in [0.5, 0.6) is 0 Å². The van der Waals surface area contributed by atoms with E-state index in [1.54, 1.807) is 19.4 Å². The lowest BCUT2D eigenvalue weighted by Gasteiger charge is -2.07. The number of anilines is 2. The molecule has 0 saturated heterocycles. The van der Waals surface area contributed by atoms with Gasteiger partial charge in [-0.1, -0.05) is 0 Å². The molecule has 3 aromatic heterocycles. The van der Waals surface area contributed by atoms with Crippen molar-refractivity contribution in [1.29, 1.82) is 5.41 Å². The second-order valence-electron chi connectivity index (χ2n) is 5.18. The van der Waals surface area contributed by atoms with Gasteiger partial charge in [0.15, 0.2) is 5.82 Å². The molecule has 0 aliphatic carbocycles. The first-order chi connectivity index (χ1) is 11.7. The minimum absolute atomic E-state index is 0.631. The molecule has 0 aliphatic rings. The molecule has 0 aromatic carbocycles. The molecule has 0 spiro atoms. The first-order valence-corrected chi connectivity index (χ1v) is 7.42. The van der Waals surface area contributed by atoms with Crippen LogP contribution in [0.25, 0.3) is 16.6 Å². The van der Waals surface area contributed by atoms with Crippen LogP contribution in [0.4, 0.5) is 11.6 Å². The van der Waals surface area contributed by atoms with Crippen molar-refractivity contribution < 1.29 is 0 Å². The van der Waals surface area contributed by atoms with E-state index in [9.17, 15) is 0 Å². The third kappa shape index (κ3) is 3.35. The molecule has 0 radical (unpaired) electrons. The fraction of sp³-hybridized carbons (Fsp3) is 0.118. The molecule has 3 rings (SSSR count). The van der Waals surface area contributed by atoms with Gasteiger partial charge < -0.3 is 16.0 Å². The highest BCUT2D eigenvalue weighted by Gasteiger charge is 2.05. The van der Waals surface area contributed by atoms with Crippen LogP contribution in [0.2, 0.25) is 0 Å². The molecule has 0 saturated carbocycles. The number of pyridine rings is 2. The second kappa shape index (κ2) is 6.82. The van der Waals surface area contributed by atoms with Crippen molar-refractivity contribution in [3.05, 3.63) is 54.0 Å². The molecule has 0 unspecified atom stereocenters. The van der Waals surface area contributed by atoms with Crippen LogP contribution in [0.3, 0.4) is 0 Å². The maximum absolute atomic E-state index is 7.51. The Bertz CT molecular complexity index is 900. The first kappa shape index (κ1) is 15.5. The molecular weight excluding hydrogens is 302 g/mol. The third-order valence-corrected chi connectivity index (χ3v) is 3.38. The Morgan fingerprint density at radius 2 is 1.92 bits per heavy atom. The summed E-state index contributed by atoms with van der Waals surface area (Å²) in [6, 6.07) is 9.38. The summed E-state index contributed by atoms with van der Waals surface area (Å²) in [5.74, 6) is 1.29. The average Bonchev–Trinajstić information content (AvgIpc) is 2.61. The minimum atomic E-state index is 0.631. The fourth-order valence-corrected chi connectivity index (χ4v) is 2.19. The van der Waals surface area contributed by atoms with Gasteiger partial charge in [-0.3, -0.25) is 4.98 Å². The van der Waals surface area contributed by atoms with Crippen LogP contribution < -0.4 is 10.6 Å². The van der Waals surface area contributed by atoms with Gasteiger partial charge in [-0.05, 0) is 37.3 Å². The zero-order chi connectivity index (χ0) is 16.9. The highest BCUT2D eigenvalue weighted by molar-refractivity contribution is 6.08. The van der Waals surface area contributed by atoms with Gasteiger partial charge in [0.2, 0.25) is 0 Å². The SMILES string of the molecule is CN/C=C(\C=N)c1cnc2ccc(Nc3ccc(C)nn3)nc2c1. The van der Waals surface area contributed by atoms with Crippen LogP contribution >= 0.6 is 0 Å². The zero-order valence-electron chi connectivity index (χ0n) is 13.4.